The summed E-state index contributed by atoms with van der Waals surface area (Å²) >= 11 is 6.05. The SMILES string of the molecule is COC(CNc1ccnc2cnccc12)c1cccc(Cl)c1. The minimum atomic E-state index is -0.0799. The molecule has 5 heteroatoms. The van der Waals surface area contributed by atoms with Gasteiger partial charge in [0.05, 0.1) is 17.8 Å². The van der Waals surface area contributed by atoms with Crippen molar-refractivity contribution in [2.45, 2.75) is 6.10 Å². The Morgan fingerprint density at radius 2 is 2.14 bits per heavy atom. The predicted octanol–water partition coefficient (Wildman–Crippen LogP) is 4.08. The maximum absolute atomic E-state index is 6.05. The first-order chi connectivity index (χ1) is 10.8. The minimum absolute atomic E-state index is 0.0799. The van der Waals surface area contributed by atoms with Gasteiger partial charge >= 0.3 is 0 Å². The topological polar surface area (TPSA) is 47.0 Å². The molecule has 0 spiro atoms. The number of halogens is 1. The summed E-state index contributed by atoms with van der Waals surface area (Å²) < 4.78 is 5.58. The highest BCUT2D eigenvalue weighted by Crippen LogP contribution is 2.24. The van der Waals surface area contributed by atoms with Gasteiger partial charge in [0.15, 0.2) is 0 Å². The van der Waals surface area contributed by atoms with Crippen molar-refractivity contribution in [2.75, 3.05) is 19.0 Å². The number of nitrogens with one attached hydrogen (secondary N) is 1. The smallest absolute Gasteiger partial charge is 0.0993 e. The third kappa shape index (κ3) is 3.18. The number of pyridine rings is 2. The number of ether oxygens (including phenoxy) is 1. The van der Waals surface area contributed by atoms with Crippen molar-refractivity contribution in [3.8, 4) is 0 Å². The van der Waals surface area contributed by atoms with Gasteiger partial charge in [-0.3, -0.25) is 9.97 Å². The van der Waals surface area contributed by atoms with Gasteiger partial charge in [-0.15, -0.1) is 0 Å². The van der Waals surface area contributed by atoms with E-state index in [0.717, 1.165) is 22.2 Å². The van der Waals surface area contributed by atoms with E-state index in [2.05, 4.69) is 15.3 Å². The zero-order chi connectivity index (χ0) is 15.4. The molecule has 1 unspecified atom stereocenters. The zero-order valence-electron chi connectivity index (χ0n) is 12.2. The van der Waals surface area contributed by atoms with Gasteiger partial charge < -0.3 is 10.1 Å². The van der Waals surface area contributed by atoms with Gasteiger partial charge in [-0.05, 0) is 29.8 Å². The molecule has 0 bridgehead atoms. The number of fused-ring (bicyclic) bond motifs is 1. The molecule has 2 heterocycles. The first kappa shape index (κ1) is 14.8. The summed E-state index contributed by atoms with van der Waals surface area (Å²) in [5, 5.41) is 5.17. The van der Waals surface area contributed by atoms with Crippen LogP contribution < -0.4 is 5.32 Å². The first-order valence-electron chi connectivity index (χ1n) is 6.99. The van der Waals surface area contributed by atoms with E-state index in [-0.39, 0.29) is 6.10 Å². The van der Waals surface area contributed by atoms with Crippen molar-refractivity contribution in [3.63, 3.8) is 0 Å². The molecular weight excluding hydrogens is 298 g/mol. The maximum atomic E-state index is 6.05. The highest BCUT2D eigenvalue weighted by molar-refractivity contribution is 6.30. The average molecular weight is 314 g/mol. The van der Waals surface area contributed by atoms with Crippen LogP contribution >= 0.6 is 11.6 Å². The number of benzene rings is 1. The van der Waals surface area contributed by atoms with E-state index in [0.29, 0.717) is 11.6 Å². The number of aromatic nitrogens is 2. The Balaban J connectivity index is 1.80. The molecule has 0 aliphatic carbocycles. The lowest BCUT2D eigenvalue weighted by Crippen LogP contribution is -2.14. The fourth-order valence-corrected chi connectivity index (χ4v) is 2.60. The molecule has 2 aromatic heterocycles. The van der Waals surface area contributed by atoms with Gasteiger partial charge in [-0.25, -0.2) is 0 Å². The Bertz CT molecular complexity index is 773. The summed E-state index contributed by atoms with van der Waals surface area (Å²) in [6.07, 6.45) is 5.21. The number of methoxy groups -OCH3 is 1. The Labute approximate surface area is 134 Å². The fourth-order valence-electron chi connectivity index (χ4n) is 2.40. The van der Waals surface area contributed by atoms with Crippen LogP contribution in [0.15, 0.2) is 55.0 Å². The van der Waals surface area contributed by atoms with Crippen LogP contribution in [0, 0.1) is 0 Å². The second-order valence-corrected chi connectivity index (χ2v) is 5.35. The van der Waals surface area contributed by atoms with E-state index in [1.165, 1.54) is 0 Å². The first-order valence-corrected chi connectivity index (χ1v) is 7.36. The molecule has 0 saturated heterocycles. The number of rotatable bonds is 5. The number of nitrogens with zero attached hydrogens (tertiary/aromatic N) is 2. The second kappa shape index (κ2) is 6.73. The van der Waals surface area contributed by atoms with Crippen molar-refractivity contribution >= 4 is 28.2 Å². The predicted molar refractivity (Wildman–Crippen MR) is 89.2 cm³/mol. The lowest BCUT2D eigenvalue weighted by Gasteiger charge is -2.18. The molecule has 0 amide bonds. The van der Waals surface area contributed by atoms with E-state index in [1.807, 2.05) is 36.4 Å². The Kier molecular flexibility index (Phi) is 4.51. The normalized spacial score (nSPS) is 12.3. The molecule has 4 nitrogen and oxygen atoms in total. The van der Waals surface area contributed by atoms with Crippen LogP contribution in [0.3, 0.4) is 0 Å². The third-order valence-electron chi connectivity index (χ3n) is 3.53. The lowest BCUT2D eigenvalue weighted by molar-refractivity contribution is 0.114. The van der Waals surface area contributed by atoms with E-state index >= 15 is 0 Å². The lowest BCUT2D eigenvalue weighted by atomic mass is 10.1. The van der Waals surface area contributed by atoms with Crippen molar-refractivity contribution in [1.29, 1.82) is 0 Å². The molecule has 3 rings (SSSR count). The van der Waals surface area contributed by atoms with Crippen LogP contribution in [-0.4, -0.2) is 23.6 Å². The van der Waals surface area contributed by atoms with Gasteiger partial charge in [0, 0.05) is 42.1 Å². The molecule has 112 valence electrons. The summed E-state index contributed by atoms with van der Waals surface area (Å²) in [7, 11) is 1.70. The maximum Gasteiger partial charge on any atom is 0.0993 e. The molecule has 1 N–H and O–H groups in total. The van der Waals surface area contributed by atoms with E-state index < -0.39 is 0 Å². The number of hydrogen-bond acceptors (Lipinski definition) is 4. The van der Waals surface area contributed by atoms with Crippen LogP contribution in [0.5, 0.6) is 0 Å². The largest absolute Gasteiger partial charge is 0.381 e. The summed E-state index contributed by atoms with van der Waals surface area (Å²) in [5.41, 5.74) is 2.92. The van der Waals surface area contributed by atoms with Crippen LogP contribution in [0.1, 0.15) is 11.7 Å². The molecule has 0 fully saturated rings. The van der Waals surface area contributed by atoms with Gasteiger partial charge in [0.25, 0.3) is 0 Å². The average Bonchev–Trinajstić information content (AvgIpc) is 2.56. The standard InChI is InChI=1S/C17H16ClN3O/c1-22-17(12-3-2-4-13(18)9-12)11-21-15-6-8-20-16-10-19-7-5-14(15)16/h2-10,17H,11H2,1H3,(H,20,21). The monoisotopic (exact) mass is 313 g/mol. The van der Waals surface area contributed by atoms with E-state index in [9.17, 15) is 0 Å². The second-order valence-electron chi connectivity index (χ2n) is 4.91. The van der Waals surface area contributed by atoms with Gasteiger partial charge in [0.1, 0.15) is 0 Å². The van der Waals surface area contributed by atoms with Crippen LogP contribution in [0.25, 0.3) is 10.9 Å². The molecule has 22 heavy (non-hydrogen) atoms. The van der Waals surface area contributed by atoms with Gasteiger partial charge in [-0.2, -0.15) is 0 Å². The van der Waals surface area contributed by atoms with Crippen molar-refractivity contribution in [1.82, 2.24) is 9.97 Å². The molecule has 0 radical (unpaired) electrons. The van der Waals surface area contributed by atoms with Crippen molar-refractivity contribution in [3.05, 3.63) is 65.6 Å². The zero-order valence-corrected chi connectivity index (χ0v) is 12.9. The van der Waals surface area contributed by atoms with Crippen LogP contribution in [-0.2, 0) is 4.74 Å². The molecule has 0 saturated carbocycles. The summed E-state index contributed by atoms with van der Waals surface area (Å²) in [6.45, 7) is 0.637. The van der Waals surface area contributed by atoms with Crippen LogP contribution in [0.2, 0.25) is 5.02 Å². The molecule has 3 aromatic rings. The quantitative estimate of drug-likeness (QED) is 0.771. The Hall–Kier alpha value is -2.17. The molecule has 1 aromatic carbocycles. The summed E-state index contributed by atoms with van der Waals surface area (Å²) in [5.74, 6) is 0. The molecule has 0 aliphatic rings. The fraction of sp³-hybridized carbons (Fsp3) is 0.176. The van der Waals surface area contributed by atoms with Crippen molar-refractivity contribution < 1.29 is 4.74 Å². The molecule has 0 aliphatic heterocycles. The summed E-state index contributed by atoms with van der Waals surface area (Å²) in [6, 6.07) is 11.6. The third-order valence-corrected chi connectivity index (χ3v) is 3.76. The number of anilines is 1. The Morgan fingerprint density at radius 1 is 1.23 bits per heavy atom. The number of hydrogen-bond donors (Lipinski definition) is 1. The van der Waals surface area contributed by atoms with Crippen LogP contribution in [0.4, 0.5) is 5.69 Å². The van der Waals surface area contributed by atoms with E-state index in [1.54, 1.807) is 25.7 Å². The highest BCUT2D eigenvalue weighted by atomic mass is 35.5. The van der Waals surface area contributed by atoms with Crippen molar-refractivity contribution in [2.24, 2.45) is 0 Å². The highest BCUT2D eigenvalue weighted by Gasteiger charge is 2.11. The molecule has 1 atom stereocenters. The summed E-state index contributed by atoms with van der Waals surface area (Å²) in [4.78, 5) is 8.40. The Morgan fingerprint density at radius 3 is 2.95 bits per heavy atom. The van der Waals surface area contributed by atoms with Gasteiger partial charge in [0.2, 0.25) is 0 Å². The molecular formula is C17H16ClN3O. The minimum Gasteiger partial charge on any atom is -0.381 e. The van der Waals surface area contributed by atoms with Gasteiger partial charge in [-0.1, -0.05) is 23.7 Å². The van der Waals surface area contributed by atoms with E-state index in [4.69, 9.17) is 16.3 Å².